The lowest BCUT2D eigenvalue weighted by atomic mass is 10.2. The number of hydrogen-bond donors (Lipinski definition) is 1. The molecule has 1 fully saturated rings. The zero-order valence-electron chi connectivity index (χ0n) is 10.5. The van der Waals surface area contributed by atoms with Gasteiger partial charge in [-0.3, -0.25) is 4.79 Å². The summed E-state index contributed by atoms with van der Waals surface area (Å²) < 4.78 is 5.34. The molecule has 2 aromatic rings. The van der Waals surface area contributed by atoms with Crippen molar-refractivity contribution in [2.75, 3.05) is 0 Å². The highest BCUT2D eigenvalue weighted by Gasteiger charge is 2.33. The second kappa shape index (κ2) is 5.13. The summed E-state index contributed by atoms with van der Waals surface area (Å²) >= 11 is 4.24. The minimum Gasteiger partial charge on any atom is -0.467 e. The highest BCUT2D eigenvalue weighted by atomic mass is 32.1. The fourth-order valence-electron chi connectivity index (χ4n) is 2.09. The molecule has 0 bridgehead atoms. The fraction of sp³-hybridized carbons (Fsp3) is 0.267. The SMILES string of the molecule is O=C(c1ccc(S)cc1)N(Cc1ccco1)C1CC1. The van der Waals surface area contributed by atoms with Gasteiger partial charge in [0.2, 0.25) is 0 Å². The molecule has 1 aliphatic rings. The van der Waals surface area contributed by atoms with Gasteiger partial charge in [0, 0.05) is 16.5 Å². The van der Waals surface area contributed by atoms with Gasteiger partial charge in [0.05, 0.1) is 12.8 Å². The number of carbonyl (C=O) groups excluding carboxylic acids is 1. The highest BCUT2D eigenvalue weighted by Crippen LogP contribution is 2.30. The lowest BCUT2D eigenvalue weighted by Gasteiger charge is -2.21. The molecule has 1 amide bonds. The van der Waals surface area contributed by atoms with E-state index in [0.29, 0.717) is 18.2 Å². The van der Waals surface area contributed by atoms with Crippen molar-refractivity contribution < 1.29 is 9.21 Å². The van der Waals surface area contributed by atoms with Gasteiger partial charge in [-0.15, -0.1) is 12.6 Å². The van der Waals surface area contributed by atoms with Crippen LogP contribution in [0.4, 0.5) is 0 Å². The number of carbonyl (C=O) groups is 1. The van der Waals surface area contributed by atoms with Crippen LogP contribution in [0.1, 0.15) is 29.0 Å². The molecule has 3 nitrogen and oxygen atoms in total. The first-order valence-electron chi connectivity index (χ1n) is 6.36. The monoisotopic (exact) mass is 273 g/mol. The molecule has 4 heteroatoms. The molecule has 19 heavy (non-hydrogen) atoms. The zero-order chi connectivity index (χ0) is 13.2. The maximum atomic E-state index is 12.5. The third-order valence-electron chi connectivity index (χ3n) is 3.27. The first kappa shape index (κ1) is 12.4. The molecule has 1 aliphatic carbocycles. The Morgan fingerprint density at radius 1 is 1.26 bits per heavy atom. The molecule has 0 spiro atoms. The van der Waals surface area contributed by atoms with E-state index in [0.717, 1.165) is 23.5 Å². The molecule has 0 unspecified atom stereocenters. The molecule has 1 heterocycles. The Hall–Kier alpha value is -1.68. The Morgan fingerprint density at radius 3 is 2.58 bits per heavy atom. The van der Waals surface area contributed by atoms with Gasteiger partial charge in [-0.05, 0) is 49.2 Å². The van der Waals surface area contributed by atoms with Crippen LogP contribution in [0.15, 0.2) is 52.0 Å². The van der Waals surface area contributed by atoms with E-state index in [9.17, 15) is 4.79 Å². The third kappa shape index (κ3) is 2.84. The van der Waals surface area contributed by atoms with E-state index in [1.807, 2.05) is 41.3 Å². The standard InChI is InChI=1S/C15H15NO2S/c17-15(11-3-7-14(19)8-4-11)16(12-5-6-12)10-13-2-1-9-18-13/h1-4,7-9,12,19H,5-6,10H2. The molecule has 0 saturated heterocycles. The Balaban J connectivity index is 1.79. The van der Waals surface area contributed by atoms with Crippen molar-refractivity contribution in [1.82, 2.24) is 4.90 Å². The van der Waals surface area contributed by atoms with Crippen molar-refractivity contribution in [2.45, 2.75) is 30.3 Å². The summed E-state index contributed by atoms with van der Waals surface area (Å²) in [7, 11) is 0. The molecule has 1 aromatic heterocycles. The topological polar surface area (TPSA) is 33.5 Å². The molecule has 0 aliphatic heterocycles. The molecule has 0 N–H and O–H groups in total. The summed E-state index contributed by atoms with van der Waals surface area (Å²) in [5, 5.41) is 0. The van der Waals surface area contributed by atoms with Crippen molar-refractivity contribution in [3.05, 3.63) is 54.0 Å². The van der Waals surface area contributed by atoms with Crippen LogP contribution in [-0.4, -0.2) is 16.8 Å². The molecule has 0 atom stereocenters. The quantitative estimate of drug-likeness (QED) is 0.866. The Morgan fingerprint density at radius 2 is 2.00 bits per heavy atom. The van der Waals surface area contributed by atoms with Gasteiger partial charge in [0.25, 0.3) is 5.91 Å². The molecule has 98 valence electrons. The van der Waals surface area contributed by atoms with Crippen molar-refractivity contribution in [3.8, 4) is 0 Å². The van der Waals surface area contributed by atoms with E-state index in [1.54, 1.807) is 6.26 Å². The maximum Gasteiger partial charge on any atom is 0.254 e. The lowest BCUT2D eigenvalue weighted by Crippen LogP contribution is -2.32. The van der Waals surface area contributed by atoms with Gasteiger partial charge < -0.3 is 9.32 Å². The van der Waals surface area contributed by atoms with E-state index < -0.39 is 0 Å². The number of benzene rings is 1. The van der Waals surface area contributed by atoms with Crippen LogP contribution in [0.3, 0.4) is 0 Å². The zero-order valence-corrected chi connectivity index (χ0v) is 11.3. The van der Waals surface area contributed by atoms with Gasteiger partial charge in [-0.25, -0.2) is 0 Å². The molecule has 0 radical (unpaired) electrons. The van der Waals surface area contributed by atoms with Crippen molar-refractivity contribution in [1.29, 1.82) is 0 Å². The van der Waals surface area contributed by atoms with E-state index in [2.05, 4.69) is 12.6 Å². The van der Waals surface area contributed by atoms with Crippen molar-refractivity contribution in [3.63, 3.8) is 0 Å². The number of thiol groups is 1. The largest absolute Gasteiger partial charge is 0.467 e. The maximum absolute atomic E-state index is 12.5. The van der Waals surface area contributed by atoms with E-state index in [-0.39, 0.29) is 5.91 Å². The molecule has 3 rings (SSSR count). The van der Waals surface area contributed by atoms with Gasteiger partial charge in [0.1, 0.15) is 5.76 Å². The van der Waals surface area contributed by atoms with Crippen LogP contribution in [0, 0.1) is 0 Å². The molecular formula is C15H15NO2S. The average Bonchev–Trinajstić information content (AvgIpc) is 3.13. The van der Waals surface area contributed by atoms with Gasteiger partial charge >= 0.3 is 0 Å². The Kier molecular flexibility index (Phi) is 3.34. The normalized spacial score (nSPS) is 14.4. The number of nitrogens with zero attached hydrogens (tertiary/aromatic N) is 1. The molecule has 1 saturated carbocycles. The number of hydrogen-bond acceptors (Lipinski definition) is 3. The number of furan rings is 1. The lowest BCUT2D eigenvalue weighted by molar-refractivity contribution is 0.0717. The Labute approximate surface area is 117 Å². The minimum absolute atomic E-state index is 0.0623. The summed E-state index contributed by atoms with van der Waals surface area (Å²) in [6, 6.07) is 11.4. The summed E-state index contributed by atoms with van der Waals surface area (Å²) in [4.78, 5) is 15.3. The second-order valence-electron chi connectivity index (χ2n) is 4.79. The molecular weight excluding hydrogens is 258 g/mol. The van der Waals surface area contributed by atoms with Crippen LogP contribution < -0.4 is 0 Å². The van der Waals surface area contributed by atoms with E-state index >= 15 is 0 Å². The van der Waals surface area contributed by atoms with Crippen LogP contribution in [0.2, 0.25) is 0 Å². The first-order valence-corrected chi connectivity index (χ1v) is 6.81. The van der Waals surface area contributed by atoms with E-state index in [4.69, 9.17) is 4.42 Å². The van der Waals surface area contributed by atoms with Crippen molar-refractivity contribution in [2.24, 2.45) is 0 Å². The Bertz CT molecular complexity index is 558. The second-order valence-corrected chi connectivity index (χ2v) is 5.31. The number of amides is 1. The average molecular weight is 273 g/mol. The van der Waals surface area contributed by atoms with Crippen LogP contribution in [0.5, 0.6) is 0 Å². The van der Waals surface area contributed by atoms with Crippen LogP contribution in [0.25, 0.3) is 0 Å². The van der Waals surface area contributed by atoms with Crippen molar-refractivity contribution >= 4 is 18.5 Å². The third-order valence-corrected chi connectivity index (χ3v) is 3.57. The fourth-order valence-corrected chi connectivity index (χ4v) is 2.24. The summed E-state index contributed by atoms with van der Waals surface area (Å²) in [5.74, 6) is 0.887. The predicted molar refractivity (Wildman–Crippen MR) is 75.3 cm³/mol. The summed E-state index contributed by atoms with van der Waals surface area (Å²) in [6.45, 7) is 0.541. The smallest absolute Gasteiger partial charge is 0.254 e. The number of rotatable bonds is 4. The summed E-state index contributed by atoms with van der Waals surface area (Å²) in [5.41, 5.74) is 0.705. The highest BCUT2D eigenvalue weighted by molar-refractivity contribution is 7.80. The van der Waals surface area contributed by atoms with Gasteiger partial charge in [-0.1, -0.05) is 0 Å². The first-order chi connectivity index (χ1) is 9.24. The van der Waals surface area contributed by atoms with E-state index in [1.165, 1.54) is 0 Å². The summed E-state index contributed by atoms with van der Waals surface area (Å²) in [6.07, 6.45) is 3.80. The van der Waals surface area contributed by atoms with Crippen LogP contribution >= 0.6 is 12.6 Å². The predicted octanol–water partition coefficient (Wildman–Crippen LogP) is 3.37. The molecule has 1 aromatic carbocycles. The van der Waals surface area contributed by atoms with Crippen LogP contribution in [-0.2, 0) is 6.54 Å². The minimum atomic E-state index is 0.0623. The van der Waals surface area contributed by atoms with Gasteiger partial charge in [-0.2, -0.15) is 0 Å². The van der Waals surface area contributed by atoms with Gasteiger partial charge in [0.15, 0.2) is 0 Å².